The van der Waals surface area contributed by atoms with E-state index in [-0.39, 0.29) is 0 Å². The van der Waals surface area contributed by atoms with Gasteiger partial charge < -0.3 is 19.6 Å². The van der Waals surface area contributed by atoms with E-state index in [1.807, 2.05) is 24.3 Å². The van der Waals surface area contributed by atoms with Crippen LogP contribution in [0.3, 0.4) is 0 Å². The maximum atomic E-state index is 11.5. The van der Waals surface area contributed by atoms with Crippen LogP contribution < -0.4 is 4.74 Å². The molecule has 1 aromatic rings. The van der Waals surface area contributed by atoms with Crippen molar-refractivity contribution in [3.05, 3.63) is 29.8 Å². The predicted octanol–water partition coefficient (Wildman–Crippen LogP) is 2.32. The van der Waals surface area contributed by atoms with Crippen molar-refractivity contribution >= 4 is 0 Å². The molecule has 1 saturated carbocycles. The first-order valence-corrected chi connectivity index (χ1v) is 8.89. The molecular formula is C19H30N2O2. The Balaban J connectivity index is 1.73. The van der Waals surface area contributed by atoms with Crippen LogP contribution in [0.5, 0.6) is 5.75 Å². The topological polar surface area (TPSA) is 35.9 Å². The number of hydrogen-bond acceptors (Lipinski definition) is 4. The lowest BCUT2D eigenvalue weighted by Gasteiger charge is -2.44. The lowest BCUT2D eigenvalue weighted by molar-refractivity contribution is -0.0684. The van der Waals surface area contributed by atoms with Gasteiger partial charge in [0.25, 0.3) is 0 Å². The molecular weight excluding hydrogens is 288 g/mol. The first-order chi connectivity index (χ1) is 11.1. The highest BCUT2D eigenvalue weighted by atomic mass is 16.5. The number of benzene rings is 1. The Hall–Kier alpha value is -1.10. The van der Waals surface area contributed by atoms with Crippen molar-refractivity contribution in [3.8, 4) is 5.75 Å². The summed E-state index contributed by atoms with van der Waals surface area (Å²) in [5.41, 5.74) is 0.366. The van der Waals surface area contributed by atoms with Gasteiger partial charge in [0.2, 0.25) is 0 Å². The van der Waals surface area contributed by atoms with Crippen molar-refractivity contribution in [3.63, 3.8) is 0 Å². The third-order valence-electron chi connectivity index (χ3n) is 5.70. The van der Waals surface area contributed by atoms with E-state index in [2.05, 4.69) is 16.8 Å². The molecule has 0 spiro atoms. The minimum absolute atomic E-state index is 0.327. The van der Waals surface area contributed by atoms with Crippen LogP contribution in [-0.4, -0.2) is 61.8 Å². The van der Waals surface area contributed by atoms with Gasteiger partial charge in [-0.25, -0.2) is 0 Å². The Kier molecular flexibility index (Phi) is 5.24. The van der Waals surface area contributed by atoms with Crippen LogP contribution in [0.25, 0.3) is 0 Å². The molecule has 1 aliphatic carbocycles. The molecule has 2 atom stereocenters. The molecule has 1 N–H and O–H groups in total. The van der Waals surface area contributed by atoms with Gasteiger partial charge in [0.1, 0.15) is 5.75 Å². The summed E-state index contributed by atoms with van der Waals surface area (Å²) >= 11 is 0. The fraction of sp³-hybridized carbons (Fsp3) is 0.684. The highest BCUT2D eigenvalue weighted by molar-refractivity contribution is 5.31. The van der Waals surface area contributed by atoms with Crippen molar-refractivity contribution in [1.29, 1.82) is 0 Å². The summed E-state index contributed by atoms with van der Waals surface area (Å²) in [5.74, 6) is 1.18. The lowest BCUT2D eigenvalue weighted by Crippen LogP contribution is -2.50. The number of piperazine rings is 1. The highest BCUT2D eigenvalue weighted by Crippen LogP contribution is 2.42. The number of aliphatic hydroxyl groups is 1. The largest absolute Gasteiger partial charge is 0.497 e. The number of ether oxygens (including phenoxy) is 1. The molecule has 0 aromatic heterocycles. The van der Waals surface area contributed by atoms with Gasteiger partial charge >= 0.3 is 0 Å². The van der Waals surface area contributed by atoms with Gasteiger partial charge in [0.15, 0.2) is 0 Å². The maximum absolute atomic E-state index is 11.5. The summed E-state index contributed by atoms with van der Waals surface area (Å²) in [5, 5.41) is 11.5. The summed E-state index contributed by atoms with van der Waals surface area (Å²) in [6, 6.07) is 8.02. The van der Waals surface area contributed by atoms with Crippen molar-refractivity contribution in [1.82, 2.24) is 9.80 Å². The minimum atomic E-state index is -0.687. The minimum Gasteiger partial charge on any atom is -0.497 e. The second-order valence-electron chi connectivity index (χ2n) is 7.20. The third-order valence-corrected chi connectivity index (χ3v) is 5.70. The van der Waals surface area contributed by atoms with Crippen LogP contribution in [0.1, 0.15) is 31.2 Å². The molecule has 1 heterocycles. The predicted molar refractivity (Wildman–Crippen MR) is 92.8 cm³/mol. The molecule has 1 aromatic carbocycles. The van der Waals surface area contributed by atoms with Crippen LogP contribution in [0.2, 0.25) is 0 Å². The Morgan fingerprint density at radius 2 is 1.83 bits per heavy atom. The van der Waals surface area contributed by atoms with E-state index in [4.69, 9.17) is 4.74 Å². The van der Waals surface area contributed by atoms with Crippen molar-refractivity contribution in [2.45, 2.75) is 31.3 Å². The van der Waals surface area contributed by atoms with E-state index in [1.165, 1.54) is 6.42 Å². The molecule has 1 aliphatic heterocycles. The molecule has 0 amide bonds. The Labute approximate surface area is 140 Å². The first kappa shape index (κ1) is 16.7. The van der Waals surface area contributed by atoms with Gasteiger partial charge in [-0.2, -0.15) is 0 Å². The van der Waals surface area contributed by atoms with Crippen LogP contribution in [-0.2, 0) is 5.60 Å². The van der Waals surface area contributed by atoms with E-state index in [1.54, 1.807) is 7.11 Å². The maximum Gasteiger partial charge on any atom is 0.118 e. The van der Waals surface area contributed by atoms with E-state index >= 15 is 0 Å². The second kappa shape index (κ2) is 7.20. The molecule has 0 bridgehead atoms. The SMILES string of the molecule is COc1ccc(C2(O)CCCCC2CN2CCN(C)CC2)cc1. The zero-order valence-corrected chi connectivity index (χ0v) is 14.5. The molecule has 4 nitrogen and oxygen atoms in total. The number of hydrogen-bond donors (Lipinski definition) is 1. The van der Waals surface area contributed by atoms with E-state index in [0.717, 1.165) is 63.3 Å². The van der Waals surface area contributed by atoms with Gasteiger partial charge in [0, 0.05) is 38.6 Å². The third kappa shape index (κ3) is 3.70. The van der Waals surface area contributed by atoms with Crippen LogP contribution in [0, 0.1) is 5.92 Å². The zero-order valence-electron chi connectivity index (χ0n) is 14.5. The lowest BCUT2D eigenvalue weighted by atomic mass is 9.71. The van der Waals surface area contributed by atoms with Crippen molar-refractivity contribution in [2.24, 2.45) is 5.92 Å². The van der Waals surface area contributed by atoms with Crippen LogP contribution in [0.4, 0.5) is 0 Å². The molecule has 2 fully saturated rings. The molecule has 2 unspecified atom stereocenters. The quantitative estimate of drug-likeness (QED) is 0.924. The Morgan fingerprint density at radius 1 is 1.13 bits per heavy atom. The van der Waals surface area contributed by atoms with Gasteiger partial charge in [-0.3, -0.25) is 0 Å². The molecule has 23 heavy (non-hydrogen) atoms. The molecule has 4 heteroatoms. The van der Waals surface area contributed by atoms with Gasteiger partial charge in [0.05, 0.1) is 12.7 Å². The number of methoxy groups -OCH3 is 1. The van der Waals surface area contributed by atoms with E-state index in [9.17, 15) is 5.11 Å². The number of rotatable bonds is 4. The van der Waals surface area contributed by atoms with Crippen LogP contribution in [0.15, 0.2) is 24.3 Å². The summed E-state index contributed by atoms with van der Waals surface area (Å²) in [7, 11) is 3.87. The molecule has 2 aliphatic rings. The van der Waals surface area contributed by atoms with Crippen molar-refractivity contribution < 1.29 is 9.84 Å². The van der Waals surface area contributed by atoms with E-state index < -0.39 is 5.60 Å². The van der Waals surface area contributed by atoms with Gasteiger partial charge in [-0.1, -0.05) is 25.0 Å². The number of likely N-dealkylation sites (N-methyl/N-ethyl adjacent to an activating group) is 1. The summed E-state index contributed by atoms with van der Waals surface area (Å²) < 4.78 is 5.25. The molecule has 1 saturated heterocycles. The second-order valence-corrected chi connectivity index (χ2v) is 7.20. The first-order valence-electron chi connectivity index (χ1n) is 8.89. The average molecular weight is 318 g/mol. The fourth-order valence-corrected chi connectivity index (χ4v) is 4.07. The normalized spacial score (nSPS) is 30.3. The van der Waals surface area contributed by atoms with Gasteiger partial charge in [-0.15, -0.1) is 0 Å². The Bertz CT molecular complexity index is 497. The van der Waals surface area contributed by atoms with E-state index in [0.29, 0.717) is 5.92 Å². The molecule has 3 rings (SSSR count). The Morgan fingerprint density at radius 3 is 2.48 bits per heavy atom. The zero-order chi connectivity index (χ0) is 16.3. The number of nitrogens with zero attached hydrogens (tertiary/aromatic N) is 2. The summed E-state index contributed by atoms with van der Waals surface area (Å²) in [6.45, 7) is 5.51. The monoisotopic (exact) mass is 318 g/mol. The average Bonchev–Trinajstić information content (AvgIpc) is 2.59. The molecule has 128 valence electrons. The van der Waals surface area contributed by atoms with Gasteiger partial charge in [-0.05, 0) is 37.6 Å². The molecule has 0 radical (unpaired) electrons. The summed E-state index contributed by atoms with van der Waals surface area (Å²) in [4.78, 5) is 4.91. The van der Waals surface area contributed by atoms with Crippen LogP contribution >= 0.6 is 0 Å². The smallest absolute Gasteiger partial charge is 0.118 e. The summed E-state index contributed by atoms with van der Waals surface area (Å²) in [6.07, 6.45) is 4.34. The highest BCUT2D eigenvalue weighted by Gasteiger charge is 2.41. The van der Waals surface area contributed by atoms with Crippen molar-refractivity contribution in [2.75, 3.05) is 46.9 Å². The fourth-order valence-electron chi connectivity index (χ4n) is 4.07. The standard InChI is InChI=1S/C19H30N2O2/c1-20-11-13-21(14-12-20)15-17-5-3-4-10-19(17,22)16-6-8-18(23-2)9-7-16/h6-9,17,22H,3-5,10-15H2,1-2H3.